The average Bonchev–Trinajstić information content (AvgIpc) is 2.04. The first-order valence-electron chi connectivity index (χ1n) is 3.19. The molecule has 0 heterocycles. The van der Waals surface area contributed by atoms with Crippen LogP contribution in [0.5, 0.6) is 0 Å². The van der Waals surface area contributed by atoms with Crippen LogP contribution in [-0.2, 0) is 0 Å². The van der Waals surface area contributed by atoms with Crippen LogP contribution in [0.3, 0.4) is 0 Å². The lowest BCUT2D eigenvalue weighted by Crippen LogP contribution is -1.97. The number of halogens is 2. The maximum Gasteiger partial charge on any atom is 0.250 e. The molecule has 6 heteroatoms. The van der Waals surface area contributed by atoms with Gasteiger partial charge in [0.2, 0.25) is 5.91 Å². The Morgan fingerprint density at radius 3 is 2.85 bits per heavy atom. The summed E-state index contributed by atoms with van der Waals surface area (Å²) in [6.45, 7) is 0. The third kappa shape index (κ3) is 2.40. The van der Waals surface area contributed by atoms with Gasteiger partial charge in [-0.05, 0) is 51.4 Å². The highest BCUT2D eigenvalue weighted by molar-refractivity contribution is 14.1. The fourth-order valence-corrected chi connectivity index (χ4v) is 1.47. The summed E-state index contributed by atoms with van der Waals surface area (Å²) in [7, 11) is 0. The SMILES string of the molecule is [N-]=[N+]=NC(=O)c1ccc(F)cc1I. The van der Waals surface area contributed by atoms with Crippen molar-refractivity contribution in [2.45, 2.75) is 0 Å². The van der Waals surface area contributed by atoms with Crippen molar-refractivity contribution in [2.24, 2.45) is 5.11 Å². The Hall–Kier alpha value is -1.14. The first-order chi connectivity index (χ1) is 6.15. The van der Waals surface area contributed by atoms with Crippen molar-refractivity contribution in [3.05, 3.63) is 43.6 Å². The zero-order valence-corrected chi connectivity index (χ0v) is 8.40. The van der Waals surface area contributed by atoms with E-state index in [9.17, 15) is 9.18 Å². The monoisotopic (exact) mass is 291 g/mol. The number of rotatable bonds is 1. The summed E-state index contributed by atoms with van der Waals surface area (Å²) in [5, 5.41) is 2.90. The van der Waals surface area contributed by atoms with E-state index < -0.39 is 11.7 Å². The van der Waals surface area contributed by atoms with E-state index in [4.69, 9.17) is 5.53 Å². The molecule has 4 nitrogen and oxygen atoms in total. The van der Waals surface area contributed by atoms with E-state index >= 15 is 0 Å². The zero-order chi connectivity index (χ0) is 9.84. The molecule has 0 spiro atoms. The number of hydrogen-bond acceptors (Lipinski definition) is 1. The molecule has 0 radical (unpaired) electrons. The molecule has 1 amide bonds. The summed E-state index contributed by atoms with van der Waals surface area (Å²) in [5.41, 5.74) is 8.21. The molecule has 0 N–H and O–H groups in total. The van der Waals surface area contributed by atoms with Gasteiger partial charge in [-0.25, -0.2) is 4.39 Å². The Bertz CT molecular complexity index is 401. The van der Waals surface area contributed by atoms with Crippen molar-refractivity contribution in [2.75, 3.05) is 0 Å². The molecule has 13 heavy (non-hydrogen) atoms. The highest BCUT2D eigenvalue weighted by atomic mass is 127. The molecule has 0 unspecified atom stereocenters. The van der Waals surface area contributed by atoms with Gasteiger partial charge in [-0.1, -0.05) is 0 Å². The molecule has 0 aliphatic rings. The first kappa shape index (κ1) is 9.94. The molecule has 0 saturated carbocycles. The maximum atomic E-state index is 12.6. The Kier molecular flexibility index (Phi) is 3.21. The number of amides is 1. The van der Waals surface area contributed by atoms with E-state index in [1.165, 1.54) is 12.1 Å². The van der Waals surface area contributed by atoms with Gasteiger partial charge >= 0.3 is 0 Å². The fraction of sp³-hybridized carbons (Fsp3) is 0. The largest absolute Gasteiger partial charge is 0.287 e. The van der Waals surface area contributed by atoms with E-state index in [2.05, 4.69) is 10.0 Å². The molecule has 1 rings (SSSR count). The molecule has 0 aliphatic heterocycles. The van der Waals surface area contributed by atoms with Gasteiger partial charge < -0.3 is 0 Å². The second-order valence-corrected chi connectivity index (χ2v) is 3.28. The molecule has 66 valence electrons. The van der Waals surface area contributed by atoms with Crippen LogP contribution in [0.25, 0.3) is 10.4 Å². The fourth-order valence-electron chi connectivity index (χ4n) is 0.757. The van der Waals surface area contributed by atoms with Crippen LogP contribution in [0.1, 0.15) is 10.4 Å². The third-order valence-electron chi connectivity index (χ3n) is 1.30. The van der Waals surface area contributed by atoms with Crippen LogP contribution >= 0.6 is 22.6 Å². The van der Waals surface area contributed by atoms with E-state index in [1.54, 1.807) is 22.6 Å². The predicted molar refractivity (Wildman–Crippen MR) is 52.6 cm³/mol. The highest BCUT2D eigenvalue weighted by Gasteiger charge is 2.07. The Labute approximate surface area is 86.5 Å². The molecule has 1 aromatic rings. The summed E-state index contributed by atoms with van der Waals surface area (Å²) < 4.78 is 13.0. The lowest BCUT2D eigenvalue weighted by Gasteiger charge is -1.97. The number of carbonyl (C=O) groups is 1. The molecule has 0 fully saturated rings. The van der Waals surface area contributed by atoms with E-state index in [0.29, 0.717) is 3.57 Å². The Morgan fingerprint density at radius 2 is 2.31 bits per heavy atom. The predicted octanol–water partition coefficient (Wildman–Crippen LogP) is 2.88. The summed E-state index contributed by atoms with van der Waals surface area (Å²) in [6, 6.07) is 3.62. The average molecular weight is 291 g/mol. The molecular weight excluding hydrogens is 288 g/mol. The lowest BCUT2D eigenvalue weighted by atomic mass is 10.2. The molecular formula is C7H3FIN3O. The van der Waals surface area contributed by atoms with Crippen molar-refractivity contribution < 1.29 is 9.18 Å². The van der Waals surface area contributed by atoms with Crippen LogP contribution in [0.2, 0.25) is 0 Å². The molecule has 0 aliphatic carbocycles. The quantitative estimate of drug-likeness (QED) is 0.339. The number of hydrogen-bond donors (Lipinski definition) is 0. The van der Waals surface area contributed by atoms with Gasteiger partial charge in [0, 0.05) is 14.0 Å². The number of azide groups is 1. The second kappa shape index (κ2) is 4.20. The van der Waals surface area contributed by atoms with Gasteiger partial charge in [-0.15, -0.1) is 0 Å². The molecule has 0 bridgehead atoms. The van der Waals surface area contributed by atoms with Crippen molar-refractivity contribution in [3.8, 4) is 0 Å². The standard InChI is InChI=1S/C7H3FIN3O/c8-4-1-2-5(6(9)3-4)7(13)11-12-10/h1-3H. The van der Waals surface area contributed by atoms with Gasteiger partial charge in [-0.3, -0.25) is 4.79 Å². The highest BCUT2D eigenvalue weighted by Crippen LogP contribution is 2.14. The van der Waals surface area contributed by atoms with Gasteiger partial charge in [0.25, 0.3) is 0 Å². The van der Waals surface area contributed by atoms with Crippen molar-refractivity contribution >= 4 is 28.5 Å². The summed E-state index contributed by atoms with van der Waals surface area (Å²) in [6.07, 6.45) is 0. The van der Waals surface area contributed by atoms with Gasteiger partial charge in [0.05, 0.1) is 0 Å². The van der Waals surface area contributed by atoms with Crippen LogP contribution in [0, 0.1) is 9.39 Å². The lowest BCUT2D eigenvalue weighted by molar-refractivity contribution is 0.0999. The van der Waals surface area contributed by atoms with E-state index in [0.717, 1.165) is 6.07 Å². The number of benzene rings is 1. The van der Waals surface area contributed by atoms with Gasteiger partial charge in [-0.2, -0.15) is 0 Å². The molecule has 0 aromatic heterocycles. The Morgan fingerprint density at radius 1 is 1.62 bits per heavy atom. The summed E-state index contributed by atoms with van der Waals surface area (Å²) >= 11 is 1.80. The third-order valence-corrected chi connectivity index (χ3v) is 2.19. The second-order valence-electron chi connectivity index (χ2n) is 2.12. The summed E-state index contributed by atoms with van der Waals surface area (Å²) in [5.74, 6) is -1.13. The van der Waals surface area contributed by atoms with Crippen LogP contribution < -0.4 is 0 Å². The van der Waals surface area contributed by atoms with Crippen molar-refractivity contribution in [1.82, 2.24) is 0 Å². The molecule has 1 aromatic carbocycles. The van der Waals surface area contributed by atoms with Crippen molar-refractivity contribution in [3.63, 3.8) is 0 Å². The smallest absolute Gasteiger partial charge is 0.250 e. The molecule has 0 atom stereocenters. The number of nitrogens with zero attached hydrogens (tertiary/aromatic N) is 3. The minimum absolute atomic E-state index is 0.208. The number of carbonyl (C=O) groups excluding carboxylic acids is 1. The molecule has 0 saturated heterocycles. The summed E-state index contributed by atoms with van der Waals surface area (Å²) in [4.78, 5) is 13.4. The first-order valence-corrected chi connectivity index (χ1v) is 4.27. The normalized spacial score (nSPS) is 9.08. The topological polar surface area (TPSA) is 65.8 Å². The van der Waals surface area contributed by atoms with Crippen LogP contribution in [0.15, 0.2) is 23.3 Å². The van der Waals surface area contributed by atoms with E-state index in [-0.39, 0.29) is 5.56 Å². The zero-order valence-electron chi connectivity index (χ0n) is 6.24. The minimum Gasteiger partial charge on any atom is -0.287 e. The maximum absolute atomic E-state index is 12.6. The van der Waals surface area contributed by atoms with Crippen molar-refractivity contribution in [1.29, 1.82) is 0 Å². The van der Waals surface area contributed by atoms with Crippen LogP contribution in [0.4, 0.5) is 4.39 Å². The minimum atomic E-state index is -0.702. The van der Waals surface area contributed by atoms with Gasteiger partial charge in [0.15, 0.2) is 0 Å². The van der Waals surface area contributed by atoms with E-state index in [1.807, 2.05) is 0 Å². The van der Waals surface area contributed by atoms with Crippen LogP contribution in [-0.4, -0.2) is 5.91 Å². The van der Waals surface area contributed by atoms with Gasteiger partial charge in [0.1, 0.15) is 5.82 Å². The Balaban J connectivity index is 3.16.